The summed E-state index contributed by atoms with van der Waals surface area (Å²) in [5.74, 6) is -0.480. The normalized spacial score (nSPS) is 14.2. The molecule has 0 bridgehead atoms. The lowest BCUT2D eigenvalue weighted by atomic mass is 9.90. The molecule has 1 aliphatic rings. The van der Waals surface area contributed by atoms with E-state index < -0.39 is 12.1 Å². The number of aryl methyl sites for hydroxylation is 3. The number of rotatable bonds is 11. The Hall–Kier alpha value is -2.88. The Morgan fingerprint density at radius 2 is 1.79 bits per heavy atom. The van der Waals surface area contributed by atoms with Crippen LogP contribution >= 0.6 is 0 Å². The number of benzene rings is 2. The number of aliphatic carboxylic acids is 1. The molecule has 6 heteroatoms. The summed E-state index contributed by atoms with van der Waals surface area (Å²) in [5.41, 5.74) is 5.51. The van der Waals surface area contributed by atoms with Crippen molar-refractivity contribution in [2.24, 2.45) is 0 Å². The summed E-state index contributed by atoms with van der Waals surface area (Å²) < 4.78 is 6.44. The number of ether oxygens (including phenoxy) is 1. The van der Waals surface area contributed by atoms with Crippen LogP contribution in [-0.2, 0) is 30.5 Å². The highest BCUT2D eigenvalue weighted by Gasteiger charge is 2.22. The van der Waals surface area contributed by atoms with Crippen LogP contribution in [-0.4, -0.2) is 60.6 Å². The molecule has 33 heavy (non-hydrogen) atoms. The van der Waals surface area contributed by atoms with Crippen LogP contribution in [0.4, 0.5) is 0 Å². The lowest BCUT2D eigenvalue weighted by Crippen LogP contribution is -2.48. The number of carbonyl (C=O) groups is 1. The maximum Gasteiger partial charge on any atom is 0.303 e. The Morgan fingerprint density at radius 1 is 1.09 bits per heavy atom. The first-order chi connectivity index (χ1) is 15.8. The van der Waals surface area contributed by atoms with Gasteiger partial charge < -0.3 is 19.4 Å². The molecule has 0 saturated heterocycles. The lowest BCUT2D eigenvalue weighted by Gasteiger charge is -2.32. The first-order valence-corrected chi connectivity index (χ1v) is 11.7. The molecule has 1 aliphatic carbocycles. The minimum atomic E-state index is -0.868. The van der Waals surface area contributed by atoms with Gasteiger partial charge in [0.1, 0.15) is 31.1 Å². The van der Waals surface area contributed by atoms with Gasteiger partial charge in [-0.2, -0.15) is 5.26 Å². The largest absolute Gasteiger partial charge is 0.489 e. The van der Waals surface area contributed by atoms with Crippen LogP contribution < -0.4 is 4.74 Å². The van der Waals surface area contributed by atoms with Gasteiger partial charge in [-0.15, -0.1) is 0 Å². The first-order valence-electron chi connectivity index (χ1n) is 11.7. The van der Waals surface area contributed by atoms with E-state index in [1.54, 1.807) is 18.2 Å². The Kier molecular flexibility index (Phi) is 8.49. The highest BCUT2D eigenvalue weighted by atomic mass is 16.5. The molecule has 0 aliphatic heterocycles. The first kappa shape index (κ1) is 24.8. The molecule has 0 radical (unpaired) electrons. The standard InChI is InChI=1S/C27H34N2O4/c1-29(2,14-13-21-7-10-22-5-3-4-6-23(22)15-21)18-25(30)19-33-26-16-20(9-12-27(31)32)8-11-24(26)17-28/h7-8,10-11,15-16,25,30H,3-6,9,12-14,18-19H2,1-2H3/p+1/t25-/m1/s1. The fraction of sp³-hybridized carbons (Fsp3) is 0.481. The number of carboxylic acid groups (broad SMARTS) is 1. The predicted octanol–water partition coefficient (Wildman–Crippen LogP) is 3.51. The molecule has 3 rings (SSSR count). The molecule has 1 atom stereocenters. The highest BCUT2D eigenvalue weighted by Crippen LogP contribution is 2.23. The summed E-state index contributed by atoms with van der Waals surface area (Å²) in [6.07, 6.45) is 5.60. The number of nitriles is 1. The number of likely N-dealkylation sites (N-methyl/N-ethyl adjacent to an activating group) is 1. The third kappa shape index (κ3) is 7.59. The quantitative estimate of drug-likeness (QED) is 0.510. The minimum Gasteiger partial charge on any atom is -0.489 e. The molecule has 0 heterocycles. The van der Waals surface area contributed by atoms with E-state index in [9.17, 15) is 15.2 Å². The summed E-state index contributed by atoms with van der Waals surface area (Å²) >= 11 is 0. The molecule has 176 valence electrons. The SMILES string of the molecule is C[N+](C)(CCc1ccc2c(c1)CCCC2)C[C@@H](O)COc1cc(CCC(=O)O)ccc1C#N. The molecule has 0 spiro atoms. The van der Waals surface area contributed by atoms with Crippen molar-refractivity contribution < 1.29 is 24.2 Å². The van der Waals surface area contributed by atoms with E-state index in [4.69, 9.17) is 9.84 Å². The maximum atomic E-state index is 10.8. The molecule has 0 unspecified atom stereocenters. The molecule has 2 aromatic rings. The van der Waals surface area contributed by atoms with Gasteiger partial charge >= 0.3 is 5.97 Å². The zero-order chi connectivity index (χ0) is 23.8. The molecular formula is C27H35N2O4+. The van der Waals surface area contributed by atoms with Gasteiger partial charge in [0.15, 0.2) is 0 Å². The summed E-state index contributed by atoms with van der Waals surface area (Å²) in [7, 11) is 4.21. The number of aliphatic hydroxyl groups excluding tert-OH is 1. The number of quaternary nitrogens is 1. The molecule has 6 nitrogen and oxygen atoms in total. The average Bonchev–Trinajstić information content (AvgIpc) is 2.79. The Labute approximate surface area is 196 Å². The third-order valence-corrected chi connectivity index (χ3v) is 6.35. The fourth-order valence-electron chi connectivity index (χ4n) is 4.46. The van der Waals surface area contributed by atoms with Crippen LogP contribution in [0, 0.1) is 11.3 Å². The van der Waals surface area contributed by atoms with Gasteiger partial charge in [0, 0.05) is 12.8 Å². The van der Waals surface area contributed by atoms with E-state index in [1.807, 2.05) is 0 Å². The van der Waals surface area contributed by atoms with E-state index in [1.165, 1.54) is 42.4 Å². The second-order valence-corrected chi connectivity index (χ2v) is 9.70. The molecule has 2 aromatic carbocycles. The second-order valence-electron chi connectivity index (χ2n) is 9.70. The number of fused-ring (bicyclic) bond motifs is 1. The second kappa shape index (κ2) is 11.3. The topological polar surface area (TPSA) is 90.6 Å². The average molecular weight is 452 g/mol. The van der Waals surface area contributed by atoms with E-state index in [2.05, 4.69) is 38.4 Å². The van der Waals surface area contributed by atoms with Gasteiger partial charge in [-0.05, 0) is 66.5 Å². The highest BCUT2D eigenvalue weighted by molar-refractivity contribution is 5.67. The summed E-state index contributed by atoms with van der Waals surface area (Å²) in [5, 5.41) is 28.8. The number of hydrogen-bond donors (Lipinski definition) is 2. The Morgan fingerprint density at radius 3 is 2.52 bits per heavy atom. The molecule has 2 N–H and O–H groups in total. The molecule has 0 saturated carbocycles. The van der Waals surface area contributed by atoms with Crippen molar-refractivity contribution in [2.75, 3.05) is 33.8 Å². The number of aliphatic hydroxyl groups is 1. The van der Waals surface area contributed by atoms with Crippen LogP contribution in [0.5, 0.6) is 5.75 Å². The number of hydrogen-bond acceptors (Lipinski definition) is 4. The number of carboxylic acids is 1. The maximum absolute atomic E-state index is 10.8. The summed E-state index contributed by atoms with van der Waals surface area (Å²) in [6, 6.07) is 14.0. The van der Waals surface area contributed by atoms with Crippen LogP contribution in [0.1, 0.15) is 47.1 Å². The van der Waals surface area contributed by atoms with Gasteiger partial charge in [0.25, 0.3) is 0 Å². The zero-order valence-corrected chi connectivity index (χ0v) is 19.7. The predicted molar refractivity (Wildman–Crippen MR) is 127 cm³/mol. The van der Waals surface area contributed by atoms with Crippen LogP contribution in [0.25, 0.3) is 0 Å². The van der Waals surface area contributed by atoms with Gasteiger partial charge in [0.05, 0.1) is 26.2 Å². The van der Waals surface area contributed by atoms with E-state index in [0.717, 1.165) is 18.5 Å². The summed E-state index contributed by atoms with van der Waals surface area (Å²) in [4.78, 5) is 10.8. The molecule has 0 fully saturated rings. The number of nitrogens with zero attached hydrogens (tertiary/aromatic N) is 2. The van der Waals surface area contributed by atoms with Gasteiger partial charge in [0.2, 0.25) is 0 Å². The van der Waals surface area contributed by atoms with Crippen molar-refractivity contribution in [1.29, 1.82) is 5.26 Å². The van der Waals surface area contributed by atoms with Crippen molar-refractivity contribution in [3.8, 4) is 11.8 Å². The third-order valence-electron chi connectivity index (χ3n) is 6.35. The zero-order valence-electron chi connectivity index (χ0n) is 19.7. The molecule has 0 aromatic heterocycles. The van der Waals surface area contributed by atoms with Gasteiger partial charge in [-0.3, -0.25) is 4.79 Å². The van der Waals surface area contributed by atoms with Crippen LogP contribution in [0.15, 0.2) is 36.4 Å². The van der Waals surface area contributed by atoms with Gasteiger partial charge in [-0.25, -0.2) is 0 Å². The molecule has 0 amide bonds. The lowest BCUT2D eigenvalue weighted by molar-refractivity contribution is -0.893. The Bertz CT molecular complexity index is 1010. The van der Waals surface area contributed by atoms with E-state index in [-0.39, 0.29) is 13.0 Å². The summed E-state index contributed by atoms with van der Waals surface area (Å²) in [6.45, 7) is 1.52. The van der Waals surface area contributed by atoms with Gasteiger partial charge in [-0.1, -0.05) is 24.3 Å². The van der Waals surface area contributed by atoms with Crippen molar-refractivity contribution in [3.05, 3.63) is 64.2 Å². The fourth-order valence-corrected chi connectivity index (χ4v) is 4.46. The smallest absolute Gasteiger partial charge is 0.303 e. The van der Waals surface area contributed by atoms with Crippen molar-refractivity contribution in [2.45, 2.75) is 51.0 Å². The van der Waals surface area contributed by atoms with E-state index in [0.29, 0.717) is 28.8 Å². The van der Waals surface area contributed by atoms with E-state index >= 15 is 0 Å². The van der Waals surface area contributed by atoms with Crippen molar-refractivity contribution in [1.82, 2.24) is 0 Å². The molecular weight excluding hydrogens is 416 g/mol. The minimum absolute atomic E-state index is 0.0177. The van der Waals surface area contributed by atoms with Crippen LogP contribution in [0.2, 0.25) is 0 Å². The van der Waals surface area contributed by atoms with Crippen LogP contribution in [0.3, 0.4) is 0 Å². The monoisotopic (exact) mass is 451 g/mol. The van der Waals surface area contributed by atoms with Crippen molar-refractivity contribution >= 4 is 5.97 Å². The van der Waals surface area contributed by atoms with Crippen molar-refractivity contribution in [3.63, 3.8) is 0 Å². The Balaban J connectivity index is 1.52.